The van der Waals surface area contributed by atoms with Crippen LogP contribution in [-0.2, 0) is 6.54 Å². The molecule has 0 saturated carbocycles. The average molecular weight is 404 g/mol. The Morgan fingerprint density at radius 1 is 1.03 bits per heavy atom. The summed E-state index contributed by atoms with van der Waals surface area (Å²) in [5.41, 5.74) is 13.4. The van der Waals surface area contributed by atoms with Crippen molar-refractivity contribution in [2.45, 2.75) is 13.5 Å². The lowest BCUT2D eigenvalue weighted by Gasteiger charge is -2.13. The number of amides is 2. The lowest BCUT2D eigenvalue weighted by Crippen LogP contribution is -2.21. The summed E-state index contributed by atoms with van der Waals surface area (Å²) in [6.07, 6.45) is 0. The lowest BCUT2D eigenvalue weighted by atomic mass is 9.96. The van der Waals surface area contributed by atoms with E-state index in [1.54, 1.807) is 48.0 Å². The quantitative estimate of drug-likeness (QED) is 0.527. The number of para-hydroxylation sites is 1. The molecule has 2 amide bonds. The minimum absolute atomic E-state index is 0.103. The average Bonchev–Trinajstić information content (AvgIpc) is 3.07. The van der Waals surface area contributed by atoms with E-state index in [4.69, 9.17) is 11.5 Å². The third-order valence-electron chi connectivity index (χ3n) is 4.84. The zero-order chi connectivity index (χ0) is 21.4. The van der Waals surface area contributed by atoms with Gasteiger partial charge in [0.1, 0.15) is 17.2 Å². The zero-order valence-corrected chi connectivity index (χ0v) is 16.0. The van der Waals surface area contributed by atoms with E-state index < -0.39 is 11.8 Å². The second-order valence-corrected chi connectivity index (χ2v) is 6.76. The van der Waals surface area contributed by atoms with E-state index in [-0.39, 0.29) is 28.3 Å². The van der Waals surface area contributed by atoms with E-state index >= 15 is 0 Å². The van der Waals surface area contributed by atoms with E-state index in [1.165, 1.54) is 12.1 Å². The Bertz CT molecular complexity index is 1300. The van der Waals surface area contributed by atoms with Crippen molar-refractivity contribution in [3.05, 3.63) is 76.9 Å². The molecule has 0 aliphatic carbocycles. The Kier molecular flexibility index (Phi) is 4.71. The SMILES string of the molecule is Cc1c(-c2c(C(N)=O)nc3ccccc3c2C(N)=O)nnn1Cc1ccc(F)cc1. The van der Waals surface area contributed by atoms with Gasteiger partial charge >= 0.3 is 0 Å². The van der Waals surface area contributed by atoms with Gasteiger partial charge in [-0.2, -0.15) is 0 Å². The number of nitrogens with two attached hydrogens (primary N) is 2. The maximum Gasteiger partial charge on any atom is 0.268 e. The number of carbonyl (C=O) groups excluding carboxylic acids is 2. The summed E-state index contributed by atoms with van der Waals surface area (Å²) >= 11 is 0. The molecule has 0 unspecified atom stereocenters. The summed E-state index contributed by atoms with van der Waals surface area (Å²) in [6.45, 7) is 2.06. The molecule has 8 nitrogen and oxygen atoms in total. The van der Waals surface area contributed by atoms with Gasteiger partial charge in [-0.1, -0.05) is 35.5 Å². The molecular formula is C21H17FN6O2. The van der Waals surface area contributed by atoms with Crippen LogP contribution in [0.15, 0.2) is 48.5 Å². The molecule has 0 aliphatic rings. The minimum atomic E-state index is -0.814. The second-order valence-electron chi connectivity index (χ2n) is 6.76. The van der Waals surface area contributed by atoms with E-state index in [9.17, 15) is 14.0 Å². The highest BCUT2D eigenvalue weighted by Gasteiger charge is 2.26. The van der Waals surface area contributed by atoms with Crippen molar-refractivity contribution >= 4 is 22.7 Å². The highest BCUT2D eigenvalue weighted by atomic mass is 19.1. The number of fused-ring (bicyclic) bond motifs is 1. The third-order valence-corrected chi connectivity index (χ3v) is 4.84. The summed E-state index contributed by atoms with van der Waals surface area (Å²) in [5.74, 6) is -1.89. The van der Waals surface area contributed by atoms with Gasteiger partial charge in [-0.05, 0) is 30.7 Å². The Labute approximate surface area is 170 Å². The first-order valence-electron chi connectivity index (χ1n) is 9.04. The van der Waals surface area contributed by atoms with Crippen LogP contribution in [0.5, 0.6) is 0 Å². The molecule has 4 aromatic rings. The van der Waals surface area contributed by atoms with Crippen LogP contribution in [0.1, 0.15) is 32.1 Å². The van der Waals surface area contributed by atoms with Crippen LogP contribution in [0.3, 0.4) is 0 Å². The molecule has 0 saturated heterocycles. The van der Waals surface area contributed by atoms with Gasteiger partial charge < -0.3 is 11.5 Å². The molecule has 0 bridgehead atoms. The summed E-state index contributed by atoms with van der Waals surface area (Å²) < 4.78 is 14.7. The van der Waals surface area contributed by atoms with Crippen molar-refractivity contribution in [3.8, 4) is 11.3 Å². The van der Waals surface area contributed by atoms with E-state index in [0.29, 0.717) is 23.1 Å². The Morgan fingerprint density at radius 2 is 1.73 bits per heavy atom. The molecule has 0 radical (unpaired) electrons. The largest absolute Gasteiger partial charge is 0.366 e. The standard InChI is InChI=1S/C21H17FN6O2/c1-11-18(26-27-28(11)10-12-6-8-13(22)9-7-12)17-16(20(23)29)14-4-2-3-5-15(14)25-19(17)21(24)30/h2-9H,10H2,1H3,(H2,23,29)(H2,24,30). The first-order valence-corrected chi connectivity index (χ1v) is 9.04. The van der Waals surface area contributed by atoms with Crippen molar-refractivity contribution in [2.75, 3.05) is 0 Å². The van der Waals surface area contributed by atoms with Crippen molar-refractivity contribution in [1.29, 1.82) is 0 Å². The molecule has 150 valence electrons. The molecule has 30 heavy (non-hydrogen) atoms. The molecule has 2 heterocycles. The summed E-state index contributed by atoms with van der Waals surface area (Å²) in [6, 6.07) is 12.8. The van der Waals surface area contributed by atoms with Gasteiger partial charge in [0.05, 0.1) is 23.3 Å². The van der Waals surface area contributed by atoms with Crippen molar-refractivity contribution in [1.82, 2.24) is 20.0 Å². The number of rotatable bonds is 5. The van der Waals surface area contributed by atoms with Crippen molar-refractivity contribution in [3.63, 3.8) is 0 Å². The Morgan fingerprint density at radius 3 is 2.40 bits per heavy atom. The lowest BCUT2D eigenvalue weighted by molar-refractivity contribution is 0.0996. The van der Waals surface area contributed by atoms with Crippen LogP contribution in [0, 0.1) is 12.7 Å². The maximum atomic E-state index is 13.2. The maximum absolute atomic E-state index is 13.2. The number of aromatic nitrogens is 4. The van der Waals surface area contributed by atoms with Crippen LogP contribution < -0.4 is 11.5 Å². The smallest absolute Gasteiger partial charge is 0.268 e. The van der Waals surface area contributed by atoms with Crippen LogP contribution in [0.2, 0.25) is 0 Å². The Balaban J connectivity index is 1.93. The van der Waals surface area contributed by atoms with Crippen LogP contribution in [0.25, 0.3) is 22.2 Å². The molecule has 4 N–H and O–H groups in total. The molecule has 9 heteroatoms. The fourth-order valence-corrected chi connectivity index (χ4v) is 3.38. The molecule has 0 aliphatic heterocycles. The number of hydrogen-bond acceptors (Lipinski definition) is 5. The summed E-state index contributed by atoms with van der Waals surface area (Å²) in [7, 11) is 0. The highest BCUT2D eigenvalue weighted by Crippen LogP contribution is 2.32. The fourth-order valence-electron chi connectivity index (χ4n) is 3.38. The monoisotopic (exact) mass is 404 g/mol. The Hall–Kier alpha value is -4.14. The number of pyridine rings is 1. The first kappa shape index (κ1) is 19.2. The van der Waals surface area contributed by atoms with Gasteiger partial charge in [-0.15, -0.1) is 5.10 Å². The van der Waals surface area contributed by atoms with Gasteiger partial charge in [-0.25, -0.2) is 14.1 Å². The van der Waals surface area contributed by atoms with Crippen molar-refractivity contribution < 1.29 is 14.0 Å². The van der Waals surface area contributed by atoms with Gasteiger partial charge in [0.2, 0.25) is 5.91 Å². The molecule has 0 atom stereocenters. The first-order chi connectivity index (χ1) is 14.4. The molecule has 0 fully saturated rings. The molecular weight excluding hydrogens is 387 g/mol. The van der Waals surface area contributed by atoms with Gasteiger partial charge in [0.15, 0.2) is 0 Å². The van der Waals surface area contributed by atoms with Gasteiger partial charge in [-0.3, -0.25) is 9.59 Å². The topological polar surface area (TPSA) is 130 Å². The van der Waals surface area contributed by atoms with E-state index in [2.05, 4.69) is 15.3 Å². The summed E-state index contributed by atoms with van der Waals surface area (Å²) in [5, 5.41) is 8.79. The van der Waals surface area contributed by atoms with Crippen LogP contribution in [-0.4, -0.2) is 31.8 Å². The fraction of sp³-hybridized carbons (Fsp3) is 0.0952. The van der Waals surface area contributed by atoms with Crippen LogP contribution in [0.4, 0.5) is 4.39 Å². The summed E-state index contributed by atoms with van der Waals surface area (Å²) in [4.78, 5) is 28.9. The number of halogens is 1. The second kappa shape index (κ2) is 7.36. The number of hydrogen-bond donors (Lipinski definition) is 2. The minimum Gasteiger partial charge on any atom is -0.366 e. The molecule has 0 spiro atoms. The molecule has 2 aromatic heterocycles. The molecule has 4 rings (SSSR count). The van der Waals surface area contributed by atoms with E-state index in [1.807, 2.05) is 0 Å². The highest BCUT2D eigenvalue weighted by molar-refractivity contribution is 6.15. The number of nitrogens with zero attached hydrogens (tertiary/aromatic N) is 4. The van der Waals surface area contributed by atoms with Crippen molar-refractivity contribution in [2.24, 2.45) is 11.5 Å². The van der Waals surface area contributed by atoms with Gasteiger partial charge in [0.25, 0.3) is 5.91 Å². The van der Waals surface area contributed by atoms with Crippen LogP contribution >= 0.6 is 0 Å². The van der Waals surface area contributed by atoms with Gasteiger partial charge in [0, 0.05) is 10.9 Å². The predicted molar refractivity (Wildman–Crippen MR) is 108 cm³/mol. The normalized spacial score (nSPS) is 11.0. The number of carbonyl (C=O) groups is 2. The number of primary amides is 2. The third kappa shape index (κ3) is 3.26. The number of benzene rings is 2. The zero-order valence-electron chi connectivity index (χ0n) is 16.0. The predicted octanol–water partition coefficient (Wildman–Crippen LogP) is 2.19. The molecule has 2 aromatic carbocycles. The van der Waals surface area contributed by atoms with E-state index in [0.717, 1.165) is 5.56 Å².